The van der Waals surface area contributed by atoms with Crippen LogP contribution in [0, 0.1) is 0 Å². The Hall–Kier alpha value is -5.84. The van der Waals surface area contributed by atoms with Gasteiger partial charge in [-0.25, -0.2) is 0 Å². The third-order valence-corrected chi connectivity index (χ3v) is 11.9. The van der Waals surface area contributed by atoms with Crippen LogP contribution in [0.4, 0.5) is 0 Å². The summed E-state index contributed by atoms with van der Waals surface area (Å²) in [5.74, 6) is 0. The fraction of sp³-hybridized carbons (Fsp3) is 0.0652. The molecule has 9 aromatic rings. The van der Waals surface area contributed by atoms with Gasteiger partial charge in [-0.15, -0.1) is 0 Å². The number of dihydropyridines is 1. The Balaban J connectivity index is 1.22. The maximum Gasteiger partial charge on any atom is 0.138 e. The molecular formula is C46H31N3S. The minimum atomic E-state index is -0.572. The first-order chi connectivity index (χ1) is 24.7. The van der Waals surface area contributed by atoms with Crippen molar-refractivity contribution in [3.63, 3.8) is 0 Å². The first-order valence-electron chi connectivity index (χ1n) is 17.3. The second kappa shape index (κ2) is 10.3. The van der Waals surface area contributed by atoms with Crippen molar-refractivity contribution >= 4 is 77.4 Å². The van der Waals surface area contributed by atoms with Crippen molar-refractivity contribution in [2.75, 3.05) is 0 Å². The number of benzene rings is 7. The smallest absolute Gasteiger partial charge is 0.138 e. The largest absolute Gasteiger partial charge is 0.315 e. The van der Waals surface area contributed by atoms with Crippen LogP contribution in [-0.2, 0) is 5.66 Å². The number of rotatable bonds is 3. The lowest BCUT2D eigenvalue weighted by Gasteiger charge is -2.34. The predicted octanol–water partition coefficient (Wildman–Crippen LogP) is 12.2. The molecule has 0 saturated carbocycles. The fourth-order valence-corrected chi connectivity index (χ4v) is 9.94. The molecule has 2 aromatic heterocycles. The second-order valence-electron chi connectivity index (χ2n) is 13.7. The Morgan fingerprint density at radius 2 is 1.26 bits per heavy atom. The number of allylic oxidation sites excluding steroid dienone is 1. The Bertz CT molecular complexity index is 2930. The number of para-hydroxylation sites is 3. The predicted molar refractivity (Wildman–Crippen MR) is 211 cm³/mol. The van der Waals surface area contributed by atoms with Gasteiger partial charge in [0.25, 0.3) is 0 Å². The van der Waals surface area contributed by atoms with E-state index in [-0.39, 0.29) is 0 Å². The number of hydrogen-bond donors (Lipinski definition) is 0. The zero-order valence-electron chi connectivity index (χ0n) is 27.5. The number of aliphatic imine (C=N–C) groups is 1. The molecule has 1 atom stereocenters. The van der Waals surface area contributed by atoms with Gasteiger partial charge in [-0.1, -0.05) is 133 Å². The summed E-state index contributed by atoms with van der Waals surface area (Å²) in [7, 11) is 0. The molecule has 3 nitrogen and oxygen atoms in total. The minimum absolute atomic E-state index is 0.572. The van der Waals surface area contributed by atoms with Crippen molar-refractivity contribution in [1.29, 1.82) is 0 Å². The average molecular weight is 658 g/mol. The van der Waals surface area contributed by atoms with Crippen LogP contribution in [0.5, 0.6) is 0 Å². The lowest BCUT2D eigenvalue weighted by Crippen LogP contribution is -2.32. The van der Waals surface area contributed by atoms with Gasteiger partial charge >= 0.3 is 0 Å². The standard InChI is InChI=1S/C46H31N3S/c1-46(28-32(29-13-4-2-5-14-29)27-36(47-46)30-15-6-3-7-16-30)49-38-21-11-9-18-35(38)43-39(49)25-23-31-24-26-40-45(42(31)43)50-41-22-12-19-34-33-17-8-10-20-37(33)48(40)44(34)41/h2-27H,28H2,1H3. The van der Waals surface area contributed by atoms with E-state index in [1.54, 1.807) is 0 Å². The van der Waals surface area contributed by atoms with Crippen LogP contribution in [0.25, 0.3) is 65.6 Å². The van der Waals surface area contributed by atoms with Crippen molar-refractivity contribution in [2.45, 2.75) is 28.8 Å². The van der Waals surface area contributed by atoms with Crippen LogP contribution < -0.4 is 0 Å². The highest BCUT2D eigenvalue weighted by Crippen LogP contribution is 2.52. The summed E-state index contributed by atoms with van der Waals surface area (Å²) in [6, 6.07) is 55.3. The number of aromatic nitrogens is 2. The summed E-state index contributed by atoms with van der Waals surface area (Å²) >= 11 is 1.92. The van der Waals surface area contributed by atoms with E-state index < -0.39 is 5.66 Å². The highest BCUT2D eigenvalue weighted by Gasteiger charge is 2.35. The fourth-order valence-electron chi connectivity index (χ4n) is 8.69. The van der Waals surface area contributed by atoms with E-state index in [4.69, 9.17) is 4.99 Å². The first-order valence-corrected chi connectivity index (χ1v) is 18.1. The summed E-state index contributed by atoms with van der Waals surface area (Å²) in [4.78, 5) is 8.26. The summed E-state index contributed by atoms with van der Waals surface area (Å²) in [5, 5.41) is 7.73. The molecule has 0 fully saturated rings. The van der Waals surface area contributed by atoms with E-state index in [2.05, 4.69) is 174 Å². The van der Waals surface area contributed by atoms with Gasteiger partial charge in [0, 0.05) is 43.1 Å². The van der Waals surface area contributed by atoms with Gasteiger partial charge in [-0.05, 0) is 65.4 Å². The second-order valence-corrected chi connectivity index (χ2v) is 14.8. The van der Waals surface area contributed by atoms with E-state index >= 15 is 0 Å². The highest BCUT2D eigenvalue weighted by atomic mass is 32.2. The zero-order valence-corrected chi connectivity index (χ0v) is 28.3. The Morgan fingerprint density at radius 3 is 2.08 bits per heavy atom. The molecule has 0 aliphatic carbocycles. The lowest BCUT2D eigenvalue weighted by atomic mass is 9.89. The lowest BCUT2D eigenvalue weighted by molar-refractivity contribution is 0.365. The number of hydrogen-bond acceptors (Lipinski definition) is 2. The van der Waals surface area contributed by atoms with Crippen molar-refractivity contribution < 1.29 is 0 Å². The van der Waals surface area contributed by atoms with E-state index in [0.29, 0.717) is 0 Å². The molecule has 0 spiro atoms. The molecule has 0 N–H and O–H groups in total. The molecule has 4 heterocycles. The van der Waals surface area contributed by atoms with Gasteiger partial charge in [-0.2, -0.15) is 0 Å². The quantitative estimate of drug-likeness (QED) is 0.185. The minimum Gasteiger partial charge on any atom is -0.315 e. The third-order valence-electron chi connectivity index (χ3n) is 10.8. The highest BCUT2D eigenvalue weighted by molar-refractivity contribution is 8.00. The van der Waals surface area contributed by atoms with E-state index in [1.165, 1.54) is 81.0 Å². The van der Waals surface area contributed by atoms with Crippen LogP contribution in [0.2, 0.25) is 0 Å². The Morgan fingerprint density at radius 1 is 0.580 bits per heavy atom. The monoisotopic (exact) mass is 657 g/mol. The number of nitrogens with zero attached hydrogens (tertiary/aromatic N) is 3. The van der Waals surface area contributed by atoms with Crippen LogP contribution in [0.1, 0.15) is 24.5 Å². The van der Waals surface area contributed by atoms with Crippen molar-refractivity contribution in [1.82, 2.24) is 9.13 Å². The maximum absolute atomic E-state index is 5.65. The molecule has 236 valence electrons. The number of fused-ring (bicyclic) bond motifs is 11. The van der Waals surface area contributed by atoms with Crippen LogP contribution in [0.15, 0.2) is 173 Å². The Kier molecular flexibility index (Phi) is 5.80. The molecule has 0 amide bonds. The van der Waals surface area contributed by atoms with Gasteiger partial charge in [0.1, 0.15) is 5.66 Å². The summed E-state index contributed by atoms with van der Waals surface area (Å²) in [5.41, 5.74) is 10.3. The zero-order chi connectivity index (χ0) is 33.0. The van der Waals surface area contributed by atoms with Crippen LogP contribution >= 0.6 is 11.8 Å². The molecule has 7 aromatic carbocycles. The third kappa shape index (κ3) is 3.85. The van der Waals surface area contributed by atoms with E-state index in [0.717, 1.165) is 17.7 Å². The van der Waals surface area contributed by atoms with Crippen molar-refractivity contribution in [2.24, 2.45) is 4.99 Å². The molecular weight excluding hydrogens is 627 g/mol. The van der Waals surface area contributed by atoms with Gasteiger partial charge in [0.15, 0.2) is 0 Å². The molecule has 1 unspecified atom stereocenters. The topological polar surface area (TPSA) is 22.2 Å². The van der Waals surface area contributed by atoms with Crippen molar-refractivity contribution in [3.8, 4) is 5.69 Å². The maximum atomic E-state index is 5.65. The van der Waals surface area contributed by atoms with E-state index in [1.807, 2.05) is 11.8 Å². The molecule has 50 heavy (non-hydrogen) atoms. The summed E-state index contributed by atoms with van der Waals surface area (Å²) in [6.07, 6.45) is 3.07. The van der Waals surface area contributed by atoms with Crippen LogP contribution in [-0.4, -0.2) is 14.8 Å². The average Bonchev–Trinajstić information content (AvgIpc) is 3.70. The van der Waals surface area contributed by atoms with Crippen molar-refractivity contribution in [3.05, 3.63) is 169 Å². The molecule has 2 aliphatic heterocycles. The van der Waals surface area contributed by atoms with Crippen LogP contribution in [0.3, 0.4) is 0 Å². The van der Waals surface area contributed by atoms with Gasteiger partial charge in [0.2, 0.25) is 0 Å². The van der Waals surface area contributed by atoms with Gasteiger partial charge in [0.05, 0.1) is 33.5 Å². The molecule has 0 bridgehead atoms. The van der Waals surface area contributed by atoms with E-state index in [9.17, 15) is 0 Å². The van der Waals surface area contributed by atoms with Gasteiger partial charge in [-0.3, -0.25) is 4.99 Å². The summed E-state index contributed by atoms with van der Waals surface area (Å²) in [6.45, 7) is 2.32. The van der Waals surface area contributed by atoms with Gasteiger partial charge < -0.3 is 9.13 Å². The molecule has 11 rings (SSSR count). The molecule has 0 saturated heterocycles. The summed E-state index contributed by atoms with van der Waals surface area (Å²) < 4.78 is 5.03. The normalized spacial score (nSPS) is 17.1. The molecule has 2 aliphatic rings. The first kappa shape index (κ1) is 28.0. The molecule has 0 radical (unpaired) electrons. The Labute approximate surface area is 293 Å². The SMILES string of the molecule is CC1(n2c3ccccc3c3c4c5c(ccc4ccc32)-n2c3ccccc3c3cccc(c32)S5)CC(c2ccccc2)=CC(c2ccccc2)=N1. The molecule has 4 heteroatoms.